The smallest absolute Gasteiger partial charge is 0.237 e. The van der Waals surface area contributed by atoms with Crippen LogP contribution in [0, 0.1) is 0 Å². The zero-order chi connectivity index (χ0) is 16.1. The maximum absolute atomic E-state index is 12.3. The highest BCUT2D eigenvalue weighted by Gasteiger charge is 2.18. The molecule has 0 atom stereocenters. The summed E-state index contributed by atoms with van der Waals surface area (Å²) < 4.78 is 10.1. The summed E-state index contributed by atoms with van der Waals surface area (Å²) in [6.45, 7) is 5.53. The van der Waals surface area contributed by atoms with E-state index in [0.717, 1.165) is 0 Å². The lowest BCUT2D eigenvalue weighted by Gasteiger charge is -2.26. The second-order valence-electron chi connectivity index (χ2n) is 4.88. The SMILES string of the molecule is CNCCN(CC(C)=O)C(=O)CN(CCOC)CCOC. The predicted octanol–water partition coefficient (Wildman–Crippen LogP) is -0.782. The number of methoxy groups -OCH3 is 2. The summed E-state index contributed by atoms with van der Waals surface area (Å²) in [7, 11) is 5.08. The first-order valence-electron chi connectivity index (χ1n) is 7.17. The molecule has 0 radical (unpaired) electrons. The third-order valence-corrected chi connectivity index (χ3v) is 2.98. The Labute approximate surface area is 127 Å². The first kappa shape index (κ1) is 20.0. The molecule has 0 saturated heterocycles. The van der Waals surface area contributed by atoms with Crippen molar-refractivity contribution >= 4 is 11.7 Å². The molecule has 0 saturated carbocycles. The van der Waals surface area contributed by atoms with E-state index in [-0.39, 0.29) is 24.8 Å². The molecule has 124 valence electrons. The van der Waals surface area contributed by atoms with E-state index in [9.17, 15) is 9.59 Å². The fourth-order valence-corrected chi connectivity index (χ4v) is 1.81. The third kappa shape index (κ3) is 10.4. The number of Topliss-reactive ketones (excluding diaryl/α,β-unsaturated/α-hetero) is 1. The minimum Gasteiger partial charge on any atom is -0.383 e. The van der Waals surface area contributed by atoms with Crippen LogP contribution in [-0.4, -0.2) is 95.2 Å². The van der Waals surface area contributed by atoms with Gasteiger partial charge in [0.1, 0.15) is 5.78 Å². The molecule has 0 unspecified atom stereocenters. The Balaban J connectivity index is 4.50. The van der Waals surface area contributed by atoms with Crippen molar-refractivity contribution in [1.82, 2.24) is 15.1 Å². The second-order valence-corrected chi connectivity index (χ2v) is 4.88. The molecule has 0 rings (SSSR count). The molecule has 7 nitrogen and oxygen atoms in total. The number of likely N-dealkylation sites (N-methyl/N-ethyl adjacent to an activating group) is 1. The molecule has 1 N–H and O–H groups in total. The molecule has 0 aliphatic heterocycles. The van der Waals surface area contributed by atoms with Gasteiger partial charge in [-0.3, -0.25) is 14.5 Å². The fourth-order valence-electron chi connectivity index (χ4n) is 1.81. The van der Waals surface area contributed by atoms with Crippen LogP contribution in [0.1, 0.15) is 6.92 Å². The molecule has 7 heteroatoms. The van der Waals surface area contributed by atoms with Crippen molar-refractivity contribution in [2.24, 2.45) is 0 Å². The summed E-state index contributed by atoms with van der Waals surface area (Å²) in [6.07, 6.45) is 0. The predicted molar refractivity (Wildman–Crippen MR) is 81.4 cm³/mol. The van der Waals surface area contributed by atoms with Crippen LogP contribution in [0.4, 0.5) is 0 Å². The topological polar surface area (TPSA) is 71.1 Å². The molecule has 1 amide bonds. The van der Waals surface area contributed by atoms with E-state index in [0.29, 0.717) is 39.4 Å². The number of ketones is 1. The van der Waals surface area contributed by atoms with Gasteiger partial charge in [0, 0.05) is 40.4 Å². The van der Waals surface area contributed by atoms with Crippen molar-refractivity contribution in [2.75, 3.05) is 73.7 Å². The Morgan fingerprint density at radius 1 is 1.00 bits per heavy atom. The first-order chi connectivity index (χ1) is 10.0. The zero-order valence-corrected chi connectivity index (χ0v) is 13.7. The summed E-state index contributed by atoms with van der Waals surface area (Å²) in [4.78, 5) is 27.2. The number of carbonyl (C=O) groups is 2. The summed E-state index contributed by atoms with van der Waals surface area (Å²) in [5.41, 5.74) is 0. The number of nitrogens with zero attached hydrogens (tertiary/aromatic N) is 2. The highest BCUT2D eigenvalue weighted by molar-refractivity contribution is 5.85. The summed E-state index contributed by atoms with van der Waals surface area (Å²) in [5, 5.41) is 2.99. The third-order valence-electron chi connectivity index (χ3n) is 2.98. The van der Waals surface area contributed by atoms with Gasteiger partial charge in [-0.15, -0.1) is 0 Å². The molecule has 0 aromatic carbocycles. The summed E-state index contributed by atoms with van der Waals surface area (Å²) >= 11 is 0. The molecule has 0 fully saturated rings. The van der Waals surface area contributed by atoms with E-state index >= 15 is 0 Å². The number of hydrogen-bond acceptors (Lipinski definition) is 6. The van der Waals surface area contributed by atoms with Gasteiger partial charge in [0.2, 0.25) is 5.91 Å². The fraction of sp³-hybridized carbons (Fsp3) is 0.857. The van der Waals surface area contributed by atoms with E-state index < -0.39 is 0 Å². The van der Waals surface area contributed by atoms with Crippen molar-refractivity contribution in [1.29, 1.82) is 0 Å². The average Bonchev–Trinajstić information content (AvgIpc) is 2.45. The highest BCUT2D eigenvalue weighted by atomic mass is 16.5. The zero-order valence-electron chi connectivity index (χ0n) is 13.7. The van der Waals surface area contributed by atoms with E-state index in [1.54, 1.807) is 19.1 Å². The molecule has 0 aliphatic carbocycles. The van der Waals surface area contributed by atoms with Gasteiger partial charge in [-0.25, -0.2) is 0 Å². The van der Waals surface area contributed by atoms with E-state index in [2.05, 4.69) is 5.32 Å². The van der Waals surface area contributed by atoms with Crippen LogP contribution >= 0.6 is 0 Å². The summed E-state index contributed by atoms with van der Waals surface area (Å²) in [6, 6.07) is 0. The largest absolute Gasteiger partial charge is 0.383 e. The Hall–Kier alpha value is -1.02. The molecular formula is C14H29N3O4. The lowest BCUT2D eigenvalue weighted by molar-refractivity contribution is -0.136. The molecule has 0 aromatic heterocycles. The van der Waals surface area contributed by atoms with Crippen LogP contribution < -0.4 is 5.32 Å². The Morgan fingerprint density at radius 3 is 2.00 bits per heavy atom. The number of rotatable bonds is 13. The van der Waals surface area contributed by atoms with E-state index in [1.165, 1.54) is 6.92 Å². The monoisotopic (exact) mass is 303 g/mol. The van der Waals surface area contributed by atoms with Crippen molar-refractivity contribution < 1.29 is 19.1 Å². The van der Waals surface area contributed by atoms with Gasteiger partial charge in [0.15, 0.2) is 0 Å². The number of hydrogen-bond donors (Lipinski definition) is 1. The Kier molecular flexibility index (Phi) is 12.1. The number of ether oxygens (including phenoxy) is 2. The van der Waals surface area contributed by atoms with Crippen LogP contribution in [-0.2, 0) is 19.1 Å². The highest BCUT2D eigenvalue weighted by Crippen LogP contribution is 1.96. The van der Waals surface area contributed by atoms with Crippen LogP contribution in [0.25, 0.3) is 0 Å². The minimum absolute atomic E-state index is 0.0141. The lowest BCUT2D eigenvalue weighted by atomic mass is 10.3. The van der Waals surface area contributed by atoms with Gasteiger partial charge < -0.3 is 19.7 Å². The van der Waals surface area contributed by atoms with Gasteiger partial charge in [-0.1, -0.05) is 0 Å². The Bertz CT molecular complexity index is 292. The second kappa shape index (κ2) is 12.7. The lowest BCUT2D eigenvalue weighted by Crippen LogP contribution is -2.46. The molecule has 0 bridgehead atoms. The van der Waals surface area contributed by atoms with Gasteiger partial charge in [-0.05, 0) is 14.0 Å². The van der Waals surface area contributed by atoms with Crippen LogP contribution in [0.2, 0.25) is 0 Å². The molecule has 21 heavy (non-hydrogen) atoms. The molecule has 0 aromatic rings. The van der Waals surface area contributed by atoms with Crippen LogP contribution in [0.3, 0.4) is 0 Å². The van der Waals surface area contributed by atoms with E-state index in [4.69, 9.17) is 9.47 Å². The molecule has 0 spiro atoms. The van der Waals surface area contributed by atoms with Gasteiger partial charge >= 0.3 is 0 Å². The Morgan fingerprint density at radius 2 is 1.57 bits per heavy atom. The van der Waals surface area contributed by atoms with Crippen LogP contribution in [0.5, 0.6) is 0 Å². The molecule has 0 aliphatic rings. The average molecular weight is 303 g/mol. The van der Waals surface area contributed by atoms with Crippen molar-refractivity contribution in [3.63, 3.8) is 0 Å². The van der Waals surface area contributed by atoms with Crippen LogP contribution in [0.15, 0.2) is 0 Å². The van der Waals surface area contributed by atoms with Gasteiger partial charge in [0.25, 0.3) is 0 Å². The normalized spacial score (nSPS) is 10.9. The molecular weight excluding hydrogens is 274 g/mol. The first-order valence-corrected chi connectivity index (χ1v) is 7.17. The number of carbonyl (C=O) groups excluding carboxylic acids is 2. The van der Waals surface area contributed by atoms with Gasteiger partial charge in [-0.2, -0.15) is 0 Å². The minimum atomic E-state index is -0.0485. The summed E-state index contributed by atoms with van der Waals surface area (Å²) in [5.74, 6) is -0.0626. The van der Waals surface area contributed by atoms with Crippen molar-refractivity contribution in [3.05, 3.63) is 0 Å². The number of amides is 1. The van der Waals surface area contributed by atoms with Gasteiger partial charge in [0.05, 0.1) is 26.3 Å². The van der Waals surface area contributed by atoms with Crippen molar-refractivity contribution in [3.8, 4) is 0 Å². The number of nitrogens with one attached hydrogen (secondary N) is 1. The molecule has 0 heterocycles. The maximum atomic E-state index is 12.3. The quantitative estimate of drug-likeness (QED) is 0.481. The van der Waals surface area contributed by atoms with Crippen molar-refractivity contribution in [2.45, 2.75) is 6.92 Å². The van der Waals surface area contributed by atoms with E-state index in [1.807, 2.05) is 11.9 Å². The maximum Gasteiger partial charge on any atom is 0.237 e. The standard InChI is InChI=1S/C14H29N3O4/c1-13(18)11-17(6-5-15-2)14(19)12-16(7-9-20-3)8-10-21-4/h15H,5-12H2,1-4H3.